The van der Waals surface area contributed by atoms with Crippen molar-refractivity contribution in [3.05, 3.63) is 36.5 Å². The maximum atomic E-state index is 14.1. The van der Waals surface area contributed by atoms with Crippen LogP contribution in [-0.4, -0.2) is 190 Å². The van der Waals surface area contributed by atoms with Crippen molar-refractivity contribution in [3.8, 4) is 0 Å². The van der Waals surface area contributed by atoms with Gasteiger partial charge in [0.1, 0.15) is 34.6 Å². The van der Waals surface area contributed by atoms with E-state index in [2.05, 4.69) is 47.4 Å². The first-order chi connectivity index (χ1) is 44.6. The monoisotopic (exact) mass is 1440 g/mol. The smallest absolute Gasteiger partial charge is 0.264 e. The van der Waals surface area contributed by atoms with Gasteiger partial charge in [0.2, 0.25) is 17.4 Å². The van der Waals surface area contributed by atoms with Gasteiger partial charge in [-0.1, -0.05) is 68.7 Å². The van der Waals surface area contributed by atoms with E-state index in [1.807, 2.05) is 48.5 Å². The number of methoxy groups -OCH3 is 1. The molecule has 0 amide bonds. The lowest BCUT2D eigenvalue weighted by atomic mass is 9.35. The van der Waals surface area contributed by atoms with Crippen LogP contribution in [0.2, 0.25) is 0 Å². The van der Waals surface area contributed by atoms with Gasteiger partial charge in [-0.05, 0) is 176 Å². The summed E-state index contributed by atoms with van der Waals surface area (Å²) in [4.78, 5) is 41.4. The van der Waals surface area contributed by atoms with Crippen LogP contribution in [0.5, 0.6) is 0 Å². The summed E-state index contributed by atoms with van der Waals surface area (Å²) in [5.74, 6) is -10.5. The number of hydrogen-bond acceptors (Lipinski definition) is 21. The highest BCUT2D eigenvalue weighted by Gasteiger charge is 2.93. The fraction of sp³-hybridized carbons (Fsp3) is 0.878. The summed E-state index contributed by atoms with van der Waals surface area (Å²) in [5, 5.41) is 80.8. The van der Waals surface area contributed by atoms with Gasteiger partial charge in [0.25, 0.3) is 10.1 Å². The molecule has 24 heteroatoms. The van der Waals surface area contributed by atoms with Crippen molar-refractivity contribution in [2.24, 2.45) is 102 Å². The van der Waals surface area contributed by atoms with Crippen molar-refractivity contribution in [1.82, 2.24) is 0 Å². The molecule has 0 aromatic rings. The summed E-state index contributed by atoms with van der Waals surface area (Å²) < 4.78 is 80.0. The quantitative estimate of drug-likeness (QED) is 0.0778. The maximum Gasteiger partial charge on any atom is 0.264 e. The number of aliphatic hydroxyl groups is 7. The van der Waals surface area contributed by atoms with Gasteiger partial charge in [0, 0.05) is 58.9 Å². The van der Waals surface area contributed by atoms with Crippen molar-refractivity contribution in [1.29, 1.82) is 0 Å². The lowest BCUT2D eigenvalue weighted by Gasteiger charge is -2.77. The molecule has 0 aromatic heterocycles. The van der Waals surface area contributed by atoms with Crippen LogP contribution in [0.25, 0.3) is 0 Å². The van der Waals surface area contributed by atoms with Crippen LogP contribution in [0.3, 0.4) is 0 Å². The van der Waals surface area contributed by atoms with Crippen molar-refractivity contribution in [2.45, 2.75) is 264 Å². The van der Waals surface area contributed by atoms with Crippen LogP contribution in [0.1, 0.15) is 174 Å². The summed E-state index contributed by atoms with van der Waals surface area (Å²) >= 11 is 9.53. The number of carbonyl (C=O) groups excluding carboxylic acids is 3. The molecular weight excluding hydrogens is 1330 g/mol. The maximum absolute atomic E-state index is 14.1. The highest BCUT2D eigenvalue weighted by atomic mass is 35.5. The predicted octanol–water partition coefficient (Wildman–Crippen LogP) is 8.20. The molecule has 12 aliphatic carbocycles. The molecule has 98 heavy (non-hydrogen) atoms. The van der Waals surface area contributed by atoms with Crippen LogP contribution in [0, 0.1) is 102 Å². The number of Topliss-reactive ketones (excluding diaryl/α,β-unsaturated/α-hetero) is 3. The van der Waals surface area contributed by atoms with Crippen molar-refractivity contribution < 1.29 is 101 Å². The van der Waals surface area contributed by atoms with Gasteiger partial charge in [-0.25, -0.2) is 0 Å². The first-order valence-corrected chi connectivity index (χ1v) is 38.3. The molecule has 8 saturated heterocycles. The van der Waals surface area contributed by atoms with E-state index >= 15 is 0 Å². The Hall–Kier alpha value is -1.88. The molecule has 8 spiro atoms. The van der Waals surface area contributed by atoms with Crippen LogP contribution in [-0.2, 0) is 66.6 Å². The normalized spacial score (nSPS) is 52.2. The molecule has 0 unspecified atom stereocenters. The van der Waals surface area contributed by atoms with E-state index in [0.717, 1.165) is 31.9 Å². The standard InChI is InChI=1S/C24H34O8S.C23H32O6.C20H28O6.C5H12O.CH2Cl2.CH4/c1-12-13-7-8-14-22-11-29-24(23(14,17(12)25)19(13)30-21(4,5)32-24)18(26)16(22)20(2,3)10-9-15(22)31-33(6,27)28;1-11-12-6-7-13-21-10-27-23(17(26)15(21)19(2,3)9-8-14(21)24)22(13,16(11)25)18(12)28-20(4,5)29-23;1-9-10-4-5-11-18-8-26-20(25,19(11,14(9)22)15(10)23)16(24)13(18)17(2,3)7-6-12(18)21;1-5(2,3)6-4;2-1-3;/h13-16,18-19,26H,1,7-11H2,2-6H3;12-15,17-18,24,26H,1,6-10H2,2-5H3;10-13,15-16,21,23-25H,1,4-8H2,2-3H3;1-4H3;1H2;1H4/t13-,14-,15-,16+,18-,19+,22+,23-,24+;12-,13-,14-,15+,17-,18+,21+,22-,23+;10-,11-,12-,13+,15+,16-,18+,19-,20-;;;/m000.../s1. The SMILES string of the molecule is C.C=C1C(=O)[C@@]23[C@@H]4OC(C)(C)O[C@@]25OC[C@@]2([C@H]([C@@H]5O)C(C)(C)CC[C@@H]2O)[C@@H]3CC[C@@H]14.C=C1C(=O)[C@@]23[C@@H]4OC(C)(C)O[C@@]25OC[C@]2([C@@H](OS(C)(=O)=O)CCC(C)(C)[C@H]2[C@@H]5O)[C@@H]3CC[C@@H]14.C=C1C(=O)[C@]23[C@H](O)[C@H]1CC[C@H]2[C@@]12CO[C@@]3(O)[C@@H](O)[C@@H]1C(C)(C)CC[C@@H]2O.COC(C)(C)C.ClCCl. The molecule has 8 heterocycles. The minimum Gasteiger partial charge on any atom is -0.392 e. The van der Waals surface area contributed by atoms with E-state index in [4.69, 9.17) is 65.3 Å². The number of carbonyl (C=O) groups is 3. The van der Waals surface area contributed by atoms with Crippen molar-refractivity contribution >= 4 is 50.7 Å². The number of aliphatic hydroxyl groups excluding tert-OH is 6. The van der Waals surface area contributed by atoms with Gasteiger partial charge >= 0.3 is 0 Å². The minimum absolute atomic E-state index is 0. The molecule has 7 N–H and O–H groups in total. The lowest BCUT2D eigenvalue weighted by molar-refractivity contribution is -0.534. The van der Waals surface area contributed by atoms with Crippen LogP contribution < -0.4 is 0 Å². The summed E-state index contributed by atoms with van der Waals surface area (Å²) in [7, 11) is -2.07. The molecule has 20 fully saturated rings. The Labute approximate surface area is 589 Å². The molecule has 20 aliphatic rings. The molecule has 21 nitrogen and oxygen atoms in total. The van der Waals surface area contributed by atoms with E-state index < -0.39 is 150 Å². The number of fused-ring (bicyclic) bond motifs is 4. The van der Waals surface area contributed by atoms with Gasteiger partial charge in [-0.15, -0.1) is 23.2 Å². The number of ether oxygens (including phenoxy) is 8. The fourth-order valence-electron chi connectivity index (χ4n) is 26.0. The Kier molecular flexibility index (Phi) is 17.8. The zero-order valence-electron chi connectivity index (χ0n) is 59.3. The van der Waals surface area contributed by atoms with Crippen LogP contribution in [0.15, 0.2) is 36.5 Å². The second-order valence-corrected chi connectivity index (χ2v) is 38.6. The highest BCUT2D eigenvalue weighted by molar-refractivity contribution is 7.86. The van der Waals surface area contributed by atoms with Crippen LogP contribution in [0.4, 0.5) is 0 Å². The van der Waals surface area contributed by atoms with Crippen molar-refractivity contribution in [3.63, 3.8) is 0 Å². The minimum atomic E-state index is -3.78. The van der Waals surface area contributed by atoms with E-state index in [-0.39, 0.29) is 94.9 Å². The first-order valence-electron chi connectivity index (χ1n) is 35.4. The Bertz CT molecular complexity index is 3440. The summed E-state index contributed by atoms with van der Waals surface area (Å²) in [6.45, 7) is 38.7. The Balaban J connectivity index is 0.000000132. The highest BCUT2D eigenvalue weighted by Crippen LogP contribution is 2.83. The summed E-state index contributed by atoms with van der Waals surface area (Å²) in [5.41, 5.74) is -5.88. The Morgan fingerprint density at radius 3 is 1.28 bits per heavy atom. The molecule has 0 aromatic carbocycles. The molecule has 27 atom stereocenters. The Morgan fingerprint density at radius 2 is 0.857 bits per heavy atom. The average molecular weight is 1440 g/mol. The average Bonchev–Trinajstić information content (AvgIpc) is 1.23. The second kappa shape index (κ2) is 23.1. The number of hydrogen-bond donors (Lipinski definition) is 7. The number of halogens is 2. The van der Waals surface area contributed by atoms with E-state index in [1.54, 1.807) is 21.0 Å². The second-order valence-electron chi connectivity index (χ2n) is 36.2. The lowest BCUT2D eigenvalue weighted by Crippen LogP contribution is -2.88. The van der Waals surface area contributed by atoms with Gasteiger partial charge in [-0.2, -0.15) is 8.42 Å². The van der Waals surface area contributed by atoms with Gasteiger partial charge in [0.15, 0.2) is 28.9 Å². The number of rotatable bonds is 2. The Morgan fingerprint density at radius 1 is 0.520 bits per heavy atom. The molecule has 554 valence electrons. The third-order valence-electron chi connectivity index (χ3n) is 29.0. The zero-order chi connectivity index (χ0) is 71.5. The third kappa shape index (κ3) is 9.00. The zero-order valence-corrected chi connectivity index (χ0v) is 61.7. The number of alkyl halides is 2. The van der Waals surface area contributed by atoms with E-state index in [9.17, 15) is 58.5 Å². The van der Waals surface area contributed by atoms with Gasteiger partial charge in [0.05, 0.1) is 73.6 Å². The molecule has 0 radical (unpaired) electrons. The van der Waals surface area contributed by atoms with Crippen molar-refractivity contribution in [2.75, 3.05) is 38.5 Å². The summed E-state index contributed by atoms with van der Waals surface area (Å²) in [6, 6.07) is 0. The molecular formula is C74H112Cl2O21S. The molecule has 12 saturated carbocycles. The topological polar surface area (TPSA) is 310 Å². The van der Waals surface area contributed by atoms with E-state index in [1.165, 1.54) is 0 Å². The summed E-state index contributed by atoms with van der Waals surface area (Å²) in [6.07, 6.45) is 1.48. The van der Waals surface area contributed by atoms with E-state index in [0.29, 0.717) is 74.7 Å². The molecule has 20 rings (SSSR count). The molecule has 8 aliphatic heterocycles. The fourth-order valence-corrected chi connectivity index (χ4v) is 26.7. The predicted molar refractivity (Wildman–Crippen MR) is 359 cm³/mol. The third-order valence-corrected chi connectivity index (χ3v) is 29.6. The van der Waals surface area contributed by atoms with Gasteiger partial charge in [-0.3, -0.25) is 18.6 Å². The van der Waals surface area contributed by atoms with Gasteiger partial charge < -0.3 is 73.6 Å². The van der Waals surface area contributed by atoms with Crippen LogP contribution >= 0.6 is 23.2 Å². The first kappa shape index (κ1) is 75.8. The molecule has 12 bridgehead atoms. The largest absolute Gasteiger partial charge is 0.392 e. The number of ketones is 3.